The van der Waals surface area contributed by atoms with Crippen LogP contribution >= 0.6 is 11.3 Å². The molecular weight excluding hydrogens is 246 g/mol. The molecule has 0 saturated heterocycles. The van der Waals surface area contributed by atoms with Crippen molar-refractivity contribution < 1.29 is 4.42 Å². The molecule has 0 bridgehead atoms. The predicted octanol–water partition coefficient (Wildman–Crippen LogP) is 2.64. The first-order valence-electron chi connectivity index (χ1n) is 5.71. The molecule has 3 rings (SSSR count). The number of rotatable bonds is 4. The van der Waals surface area contributed by atoms with E-state index in [1.807, 2.05) is 30.3 Å². The van der Waals surface area contributed by atoms with E-state index < -0.39 is 0 Å². The normalized spacial score (nSPS) is 12.9. The van der Waals surface area contributed by atoms with Gasteiger partial charge in [0.25, 0.3) is 0 Å². The van der Waals surface area contributed by atoms with E-state index in [-0.39, 0.29) is 6.04 Å². The first kappa shape index (κ1) is 11.4. The average Bonchev–Trinajstić information content (AvgIpc) is 3.04. The van der Waals surface area contributed by atoms with Crippen LogP contribution in [0.25, 0.3) is 10.2 Å². The molecule has 5 heteroatoms. The Morgan fingerprint density at radius 1 is 1.28 bits per heavy atom. The van der Waals surface area contributed by atoms with Gasteiger partial charge in [-0.3, -0.25) is 5.84 Å². The van der Waals surface area contributed by atoms with Gasteiger partial charge in [0, 0.05) is 6.42 Å². The molecule has 2 aromatic heterocycles. The van der Waals surface area contributed by atoms with Gasteiger partial charge in [0.2, 0.25) is 0 Å². The molecule has 0 spiro atoms. The van der Waals surface area contributed by atoms with Crippen LogP contribution in [0.2, 0.25) is 0 Å². The maximum absolute atomic E-state index is 5.57. The standard InChI is InChI=1S/C13H13N3OS/c14-16-10(11-5-3-7-17-11)8-13-15-9-4-1-2-6-12(9)18-13/h1-7,10,16H,8,14H2. The molecule has 0 radical (unpaired) electrons. The Bertz CT molecular complexity index is 600. The van der Waals surface area contributed by atoms with Crippen molar-refractivity contribution in [1.29, 1.82) is 0 Å². The topological polar surface area (TPSA) is 64.1 Å². The van der Waals surface area contributed by atoms with E-state index in [0.29, 0.717) is 0 Å². The number of para-hydroxylation sites is 1. The molecule has 1 unspecified atom stereocenters. The van der Waals surface area contributed by atoms with Gasteiger partial charge in [0.05, 0.1) is 27.5 Å². The number of aromatic nitrogens is 1. The predicted molar refractivity (Wildman–Crippen MR) is 72.1 cm³/mol. The van der Waals surface area contributed by atoms with E-state index in [0.717, 1.165) is 22.7 Å². The highest BCUT2D eigenvalue weighted by Gasteiger charge is 2.15. The zero-order chi connectivity index (χ0) is 12.4. The van der Waals surface area contributed by atoms with Crippen molar-refractivity contribution in [3.8, 4) is 0 Å². The van der Waals surface area contributed by atoms with Gasteiger partial charge < -0.3 is 4.42 Å². The second kappa shape index (κ2) is 4.89. The van der Waals surface area contributed by atoms with Crippen LogP contribution in [-0.2, 0) is 6.42 Å². The fourth-order valence-corrected chi connectivity index (χ4v) is 2.93. The molecule has 92 valence electrons. The lowest BCUT2D eigenvalue weighted by Crippen LogP contribution is -2.29. The maximum Gasteiger partial charge on any atom is 0.122 e. The van der Waals surface area contributed by atoms with E-state index in [4.69, 9.17) is 10.3 Å². The van der Waals surface area contributed by atoms with E-state index in [1.54, 1.807) is 17.6 Å². The van der Waals surface area contributed by atoms with Gasteiger partial charge in [0.15, 0.2) is 0 Å². The highest BCUT2D eigenvalue weighted by molar-refractivity contribution is 7.18. The van der Waals surface area contributed by atoms with Crippen LogP contribution < -0.4 is 11.3 Å². The fourth-order valence-electron chi connectivity index (χ4n) is 1.91. The zero-order valence-corrected chi connectivity index (χ0v) is 10.5. The van der Waals surface area contributed by atoms with E-state index in [2.05, 4.69) is 16.5 Å². The quantitative estimate of drug-likeness (QED) is 0.558. The molecule has 1 atom stereocenters. The summed E-state index contributed by atoms with van der Waals surface area (Å²) in [5, 5.41) is 1.05. The number of thiazole rings is 1. The smallest absolute Gasteiger partial charge is 0.122 e. The Kier molecular flexibility index (Phi) is 3.10. The van der Waals surface area contributed by atoms with Crippen molar-refractivity contribution in [1.82, 2.24) is 10.4 Å². The lowest BCUT2D eigenvalue weighted by atomic mass is 10.2. The highest BCUT2D eigenvalue weighted by atomic mass is 32.1. The number of benzene rings is 1. The SMILES string of the molecule is NNC(Cc1nc2ccccc2s1)c1ccco1. The van der Waals surface area contributed by atoms with Crippen molar-refractivity contribution >= 4 is 21.6 Å². The van der Waals surface area contributed by atoms with Gasteiger partial charge in [-0.15, -0.1) is 11.3 Å². The third-order valence-electron chi connectivity index (χ3n) is 2.80. The molecule has 0 aliphatic carbocycles. The van der Waals surface area contributed by atoms with Crippen LogP contribution in [0.1, 0.15) is 16.8 Å². The van der Waals surface area contributed by atoms with Crippen molar-refractivity contribution in [2.45, 2.75) is 12.5 Å². The molecule has 4 nitrogen and oxygen atoms in total. The lowest BCUT2D eigenvalue weighted by molar-refractivity contribution is 0.416. The number of nitrogens with two attached hydrogens (primary N) is 1. The lowest BCUT2D eigenvalue weighted by Gasteiger charge is -2.10. The molecule has 18 heavy (non-hydrogen) atoms. The van der Waals surface area contributed by atoms with Crippen molar-refractivity contribution in [2.24, 2.45) is 5.84 Å². The van der Waals surface area contributed by atoms with Gasteiger partial charge in [-0.2, -0.15) is 0 Å². The number of nitrogens with zero attached hydrogens (tertiary/aromatic N) is 1. The number of nitrogens with one attached hydrogen (secondary N) is 1. The summed E-state index contributed by atoms with van der Waals surface area (Å²) < 4.78 is 6.56. The summed E-state index contributed by atoms with van der Waals surface area (Å²) in [7, 11) is 0. The fraction of sp³-hybridized carbons (Fsp3) is 0.154. The molecule has 3 aromatic rings. The summed E-state index contributed by atoms with van der Waals surface area (Å²) in [6, 6.07) is 11.9. The van der Waals surface area contributed by atoms with Crippen LogP contribution in [0.15, 0.2) is 47.1 Å². The van der Waals surface area contributed by atoms with Gasteiger partial charge >= 0.3 is 0 Å². The monoisotopic (exact) mass is 259 g/mol. The number of furan rings is 1. The molecule has 0 saturated carbocycles. The molecule has 1 aromatic carbocycles. The Labute approximate surface area is 108 Å². The van der Waals surface area contributed by atoms with Crippen LogP contribution in [0.4, 0.5) is 0 Å². The second-order valence-corrected chi connectivity index (χ2v) is 5.13. The molecule has 0 fully saturated rings. The summed E-state index contributed by atoms with van der Waals surface area (Å²) in [4.78, 5) is 4.59. The van der Waals surface area contributed by atoms with Crippen LogP contribution in [-0.4, -0.2) is 4.98 Å². The Morgan fingerprint density at radius 2 is 2.17 bits per heavy atom. The summed E-state index contributed by atoms with van der Waals surface area (Å²) >= 11 is 1.69. The number of hydrogen-bond donors (Lipinski definition) is 2. The molecule has 0 aliphatic heterocycles. The van der Waals surface area contributed by atoms with Crippen LogP contribution in [0.3, 0.4) is 0 Å². The van der Waals surface area contributed by atoms with Crippen molar-refractivity contribution in [3.05, 3.63) is 53.4 Å². The summed E-state index contributed by atoms with van der Waals surface area (Å²) in [6.07, 6.45) is 2.38. The highest BCUT2D eigenvalue weighted by Crippen LogP contribution is 2.25. The average molecular weight is 259 g/mol. The van der Waals surface area contributed by atoms with Crippen LogP contribution in [0, 0.1) is 0 Å². The first-order chi connectivity index (χ1) is 8.86. The maximum atomic E-state index is 5.57. The molecule has 0 amide bonds. The van der Waals surface area contributed by atoms with Crippen molar-refractivity contribution in [2.75, 3.05) is 0 Å². The largest absolute Gasteiger partial charge is 0.468 e. The Morgan fingerprint density at radius 3 is 2.89 bits per heavy atom. The minimum atomic E-state index is -0.0411. The number of hydrazine groups is 1. The van der Waals surface area contributed by atoms with E-state index in [1.165, 1.54) is 4.70 Å². The summed E-state index contributed by atoms with van der Waals surface area (Å²) in [6.45, 7) is 0. The molecule has 0 aliphatic rings. The van der Waals surface area contributed by atoms with Crippen LogP contribution in [0.5, 0.6) is 0 Å². The minimum Gasteiger partial charge on any atom is -0.468 e. The third kappa shape index (κ3) is 2.15. The second-order valence-electron chi connectivity index (χ2n) is 4.01. The third-order valence-corrected chi connectivity index (χ3v) is 3.86. The van der Waals surface area contributed by atoms with E-state index >= 15 is 0 Å². The summed E-state index contributed by atoms with van der Waals surface area (Å²) in [5.41, 5.74) is 3.81. The van der Waals surface area contributed by atoms with Crippen molar-refractivity contribution in [3.63, 3.8) is 0 Å². The van der Waals surface area contributed by atoms with Gasteiger partial charge in [0.1, 0.15) is 5.76 Å². The van der Waals surface area contributed by atoms with Gasteiger partial charge in [-0.1, -0.05) is 12.1 Å². The minimum absolute atomic E-state index is 0.0411. The molecular formula is C13H13N3OS. The Hall–Kier alpha value is -1.69. The van der Waals surface area contributed by atoms with E-state index in [9.17, 15) is 0 Å². The first-order valence-corrected chi connectivity index (χ1v) is 6.52. The van der Waals surface area contributed by atoms with Gasteiger partial charge in [-0.25, -0.2) is 10.4 Å². The Balaban J connectivity index is 1.86. The molecule has 2 heterocycles. The zero-order valence-electron chi connectivity index (χ0n) is 9.67. The van der Waals surface area contributed by atoms with Gasteiger partial charge in [-0.05, 0) is 24.3 Å². The summed E-state index contributed by atoms with van der Waals surface area (Å²) in [5.74, 6) is 6.40. The molecule has 3 N–H and O–H groups in total. The number of hydrogen-bond acceptors (Lipinski definition) is 5. The number of fused-ring (bicyclic) bond motifs is 1.